The molecule has 2 aliphatic heterocycles. The van der Waals surface area contributed by atoms with Crippen molar-refractivity contribution in [3.8, 4) is 27.9 Å². The van der Waals surface area contributed by atoms with Crippen LogP contribution in [0.4, 0.5) is 34.9 Å². The van der Waals surface area contributed by atoms with E-state index in [2.05, 4.69) is 208 Å². The molecule has 0 N–H and O–H groups in total. The summed E-state index contributed by atoms with van der Waals surface area (Å²) >= 11 is 0. The third kappa shape index (κ3) is 5.03. The molecule has 0 amide bonds. The first-order chi connectivity index (χ1) is 34.8. The molecule has 0 bridgehead atoms. The van der Waals surface area contributed by atoms with E-state index in [1.807, 2.05) is 24.3 Å². The molecule has 0 radical (unpaired) electrons. The largest absolute Gasteiger partial charge is 0.440 e. The van der Waals surface area contributed by atoms with E-state index in [9.17, 15) is 0 Å². The molecule has 326 valence electrons. The van der Waals surface area contributed by atoms with Gasteiger partial charge in [0, 0.05) is 43.2 Å². The third-order valence-corrected chi connectivity index (χ3v) is 14.6. The highest BCUT2D eigenvalue weighted by atomic mass is 16.4. The lowest BCUT2D eigenvalue weighted by Gasteiger charge is -2.39. The number of para-hydroxylation sites is 6. The summed E-state index contributed by atoms with van der Waals surface area (Å²) in [5, 5.41) is 6.40. The third-order valence-electron chi connectivity index (χ3n) is 14.6. The van der Waals surface area contributed by atoms with Crippen LogP contribution in [0.2, 0.25) is 0 Å². The van der Waals surface area contributed by atoms with E-state index < -0.39 is 0 Å². The van der Waals surface area contributed by atoms with Crippen LogP contribution in [0.25, 0.3) is 93.6 Å². The Morgan fingerprint density at radius 2 is 0.643 bits per heavy atom. The van der Waals surface area contributed by atoms with Crippen molar-refractivity contribution >= 4 is 124 Å². The maximum atomic E-state index is 7.30. The maximum Gasteiger partial charge on any atom is 0.262 e. The van der Waals surface area contributed by atoms with Crippen molar-refractivity contribution in [3.05, 3.63) is 218 Å². The number of hydrogen-bond acceptors (Lipinski definition) is 6. The number of rotatable bonds is 5. The molecule has 16 rings (SSSR count). The second-order valence-corrected chi connectivity index (χ2v) is 18.3. The van der Waals surface area contributed by atoms with Gasteiger partial charge in [0.2, 0.25) is 23.5 Å². The van der Waals surface area contributed by atoms with Crippen molar-refractivity contribution in [1.82, 2.24) is 4.57 Å². The van der Waals surface area contributed by atoms with Gasteiger partial charge in [0.15, 0.2) is 0 Å². The van der Waals surface area contributed by atoms with Crippen molar-refractivity contribution in [1.29, 1.82) is 0 Å². The van der Waals surface area contributed by atoms with Gasteiger partial charge in [0.25, 0.3) is 6.71 Å². The number of fused-ring (bicyclic) bond motifs is 13. The summed E-state index contributed by atoms with van der Waals surface area (Å²) < 4.78 is 31.5. The summed E-state index contributed by atoms with van der Waals surface area (Å²) in [6.45, 7) is -0.337. The van der Waals surface area contributed by atoms with E-state index in [1.54, 1.807) is 0 Å². The smallest absolute Gasteiger partial charge is 0.262 e. The van der Waals surface area contributed by atoms with Gasteiger partial charge in [0.05, 0.1) is 39.2 Å². The van der Waals surface area contributed by atoms with Gasteiger partial charge in [-0.2, -0.15) is 0 Å². The molecule has 8 heteroatoms. The topological polar surface area (TPSA) is 64.0 Å². The Balaban J connectivity index is 1.12. The minimum absolute atomic E-state index is 0.337. The number of hydrogen-bond donors (Lipinski definition) is 0. The highest BCUT2D eigenvalue weighted by molar-refractivity contribution is 7.02. The Hall–Kier alpha value is -9.40. The molecule has 0 unspecified atom stereocenters. The maximum absolute atomic E-state index is 7.30. The first-order valence-electron chi connectivity index (χ1n) is 23.7. The number of anilines is 6. The van der Waals surface area contributed by atoms with Crippen molar-refractivity contribution in [2.24, 2.45) is 0 Å². The lowest BCUT2D eigenvalue weighted by molar-refractivity contribution is 0.583. The molecule has 0 aliphatic carbocycles. The zero-order chi connectivity index (χ0) is 45.6. The van der Waals surface area contributed by atoms with Crippen LogP contribution in [0, 0.1) is 0 Å². The highest BCUT2D eigenvalue weighted by Crippen LogP contribution is 2.54. The molecular weight excluding hydrogens is 862 g/mol. The Kier molecular flexibility index (Phi) is 7.57. The number of furan rings is 4. The van der Waals surface area contributed by atoms with E-state index in [1.165, 1.54) is 10.8 Å². The molecule has 7 heterocycles. The van der Waals surface area contributed by atoms with Crippen LogP contribution in [0.3, 0.4) is 0 Å². The van der Waals surface area contributed by atoms with Crippen LogP contribution < -0.4 is 26.2 Å². The molecule has 0 spiro atoms. The van der Waals surface area contributed by atoms with Gasteiger partial charge in [0.1, 0.15) is 22.3 Å². The predicted octanol–water partition coefficient (Wildman–Crippen LogP) is 15.2. The van der Waals surface area contributed by atoms with Gasteiger partial charge < -0.3 is 22.2 Å². The van der Waals surface area contributed by atoms with E-state index in [-0.39, 0.29) is 6.71 Å². The monoisotopic (exact) mass is 897 g/mol. The molecule has 0 saturated carbocycles. The van der Waals surface area contributed by atoms with Crippen LogP contribution in [0.15, 0.2) is 236 Å². The summed E-state index contributed by atoms with van der Waals surface area (Å²) in [5.41, 5.74) is 15.3. The Labute approximate surface area is 400 Å². The van der Waals surface area contributed by atoms with Crippen molar-refractivity contribution in [2.45, 2.75) is 0 Å². The molecule has 14 aromatic rings. The molecule has 5 aromatic heterocycles. The Morgan fingerprint density at radius 1 is 0.300 bits per heavy atom. The second-order valence-electron chi connectivity index (χ2n) is 18.3. The average molecular weight is 898 g/mol. The fourth-order valence-electron chi connectivity index (χ4n) is 11.8. The SMILES string of the molecule is c1ccc(-c2c(N3c4cc(-n5c6ccccc6c6ccccc65)cc5c4B(c4c3oc3ccccc43)c3c(oc4ccccc34)N5c3oc4ccccc4c3-c3ccccc3)oc3ccccc23)cc1. The molecule has 2 aliphatic rings. The van der Waals surface area contributed by atoms with Crippen LogP contribution >= 0.6 is 0 Å². The number of aromatic nitrogens is 1. The van der Waals surface area contributed by atoms with Gasteiger partial charge in [-0.3, -0.25) is 9.80 Å². The minimum Gasteiger partial charge on any atom is -0.440 e. The summed E-state index contributed by atoms with van der Waals surface area (Å²) in [6.07, 6.45) is 0. The van der Waals surface area contributed by atoms with Gasteiger partial charge in [-0.1, -0.05) is 170 Å². The Morgan fingerprint density at radius 3 is 1.09 bits per heavy atom. The van der Waals surface area contributed by atoms with E-state index in [4.69, 9.17) is 17.7 Å². The zero-order valence-electron chi connectivity index (χ0n) is 37.3. The number of benzene rings is 9. The van der Waals surface area contributed by atoms with Crippen LogP contribution in [0.1, 0.15) is 0 Å². The molecule has 9 aromatic carbocycles. The number of nitrogens with zero attached hydrogens (tertiary/aromatic N) is 3. The highest BCUT2D eigenvalue weighted by Gasteiger charge is 2.51. The van der Waals surface area contributed by atoms with Crippen LogP contribution in [-0.4, -0.2) is 11.3 Å². The average Bonchev–Trinajstić information content (AvgIpc) is 4.25. The van der Waals surface area contributed by atoms with E-state index in [0.29, 0.717) is 23.5 Å². The summed E-state index contributed by atoms with van der Waals surface area (Å²) in [5.74, 6) is 2.71. The molecule has 0 atom stereocenters. The van der Waals surface area contributed by atoms with E-state index >= 15 is 0 Å². The van der Waals surface area contributed by atoms with Gasteiger partial charge >= 0.3 is 0 Å². The predicted molar refractivity (Wildman–Crippen MR) is 285 cm³/mol. The fourth-order valence-corrected chi connectivity index (χ4v) is 11.8. The quantitative estimate of drug-likeness (QED) is 0.160. The lowest BCUT2D eigenvalue weighted by Crippen LogP contribution is -2.60. The van der Waals surface area contributed by atoms with Crippen LogP contribution in [0.5, 0.6) is 0 Å². The standard InChI is InChI=1S/C62H36BN3O4/c1-3-19-37(20-4-1)54-42-25-9-15-31-50(42)67-59(54)65-48-35-39(64-46-29-13-7-23-40(46)41-24-8-14-30-47(41)64)36-49-58(48)63(56-44-27-11-17-33-52(44)69-61(56)65)57-45-28-12-18-34-53(45)70-62(57)66(49)60-55(38-21-5-2-6-22-38)43-26-10-16-32-51(43)68-60/h1-36H. The summed E-state index contributed by atoms with van der Waals surface area (Å²) in [6, 6.07) is 76.6. The molecule has 0 fully saturated rings. The van der Waals surface area contributed by atoms with E-state index in [0.717, 1.165) is 111 Å². The minimum atomic E-state index is -0.337. The molecule has 70 heavy (non-hydrogen) atoms. The normalized spacial score (nSPS) is 13.1. The van der Waals surface area contributed by atoms with Gasteiger partial charge in [-0.25, -0.2) is 0 Å². The fraction of sp³-hybridized carbons (Fsp3) is 0. The van der Waals surface area contributed by atoms with Crippen molar-refractivity contribution in [3.63, 3.8) is 0 Å². The second kappa shape index (κ2) is 14.1. The Bertz CT molecular complexity index is 4180. The van der Waals surface area contributed by atoms with Gasteiger partial charge in [-0.15, -0.1) is 0 Å². The van der Waals surface area contributed by atoms with Crippen molar-refractivity contribution in [2.75, 3.05) is 9.80 Å². The van der Waals surface area contributed by atoms with Crippen molar-refractivity contribution < 1.29 is 17.7 Å². The van der Waals surface area contributed by atoms with Gasteiger partial charge in [-0.05, 0) is 65.1 Å². The molecule has 7 nitrogen and oxygen atoms in total. The molecular formula is C62H36BN3O4. The lowest BCUT2D eigenvalue weighted by atomic mass is 9.33. The summed E-state index contributed by atoms with van der Waals surface area (Å²) in [7, 11) is 0. The zero-order valence-corrected chi connectivity index (χ0v) is 37.3. The molecule has 0 saturated heterocycles. The first-order valence-corrected chi connectivity index (χ1v) is 23.7. The summed E-state index contributed by atoms with van der Waals surface area (Å²) in [4.78, 5) is 4.51. The van der Waals surface area contributed by atoms with Crippen LogP contribution in [-0.2, 0) is 0 Å². The first kappa shape index (κ1) is 37.7.